The molecule has 0 radical (unpaired) electrons. The fourth-order valence-electron chi connectivity index (χ4n) is 8.69. The van der Waals surface area contributed by atoms with Crippen LogP contribution < -0.4 is 0 Å². The summed E-state index contributed by atoms with van der Waals surface area (Å²) < 4.78 is 15.0. The van der Waals surface area contributed by atoms with E-state index in [1.54, 1.807) is 0 Å². The van der Waals surface area contributed by atoms with Crippen LogP contribution in [0.4, 0.5) is 0 Å². The normalized spacial score (nSPS) is 11.9. The van der Waals surface area contributed by atoms with Gasteiger partial charge in [-0.15, -0.1) is 0 Å². The third-order valence-corrected chi connectivity index (χ3v) is 14.8. The van der Waals surface area contributed by atoms with Crippen LogP contribution in [0.5, 0.6) is 0 Å². The lowest BCUT2D eigenvalue weighted by Gasteiger charge is -2.25. The molecule has 11 aromatic rings. The molecule has 0 N–H and O–H groups in total. The predicted octanol–water partition coefficient (Wildman–Crippen LogP) is 14.2. The smallest absolute Gasteiger partial charge is 0.0987 e. The summed E-state index contributed by atoms with van der Waals surface area (Å²) in [6.45, 7) is 0. The largest absolute Gasteiger partial charge is 0.271 e. The molecule has 0 saturated carbocycles. The van der Waals surface area contributed by atoms with Crippen LogP contribution in [-0.2, 0) is 9.93 Å². The SMILES string of the molecule is O=[SH](c1ccccc1)(c1ccccc1)c1ccc(-c2ccc(-c3nc4ccccc4c4c3cc(-c3ccccc3)c3nc(-c5ccccc5)c(-c5ccccc5)nc34)cc2)cc1. The molecule has 0 aliphatic heterocycles. The van der Waals surface area contributed by atoms with E-state index < -0.39 is 9.93 Å². The predicted molar refractivity (Wildman–Crippen MR) is 257 cm³/mol. The minimum absolute atomic E-state index is 0.804. The Morgan fingerprint density at radius 1 is 0.306 bits per heavy atom. The minimum atomic E-state index is -3.08. The zero-order valence-corrected chi connectivity index (χ0v) is 34.5. The molecule has 2 aromatic heterocycles. The highest BCUT2D eigenvalue weighted by Crippen LogP contribution is 2.43. The van der Waals surface area contributed by atoms with Crippen molar-refractivity contribution in [3.8, 4) is 56.0 Å². The van der Waals surface area contributed by atoms with Gasteiger partial charge in [0.15, 0.2) is 0 Å². The average Bonchev–Trinajstić information content (AvgIpc) is 3.36. The topological polar surface area (TPSA) is 55.7 Å². The van der Waals surface area contributed by atoms with E-state index in [1.807, 2.05) is 97.1 Å². The van der Waals surface area contributed by atoms with Gasteiger partial charge in [-0.25, -0.2) is 15.0 Å². The lowest BCUT2D eigenvalue weighted by atomic mass is 9.92. The van der Waals surface area contributed by atoms with Crippen LogP contribution in [-0.4, -0.2) is 19.2 Å². The number of thiol groups is 1. The van der Waals surface area contributed by atoms with E-state index in [4.69, 9.17) is 15.0 Å². The van der Waals surface area contributed by atoms with E-state index in [2.05, 4.69) is 133 Å². The van der Waals surface area contributed by atoms with Crippen LogP contribution >= 0.6 is 0 Å². The Labute approximate surface area is 361 Å². The molecule has 62 heavy (non-hydrogen) atoms. The van der Waals surface area contributed by atoms with E-state index >= 15 is 4.21 Å². The zero-order valence-electron chi connectivity index (χ0n) is 33.6. The van der Waals surface area contributed by atoms with Crippen LogP contribution in [0.15, 0.2) is 245 Å². The summed E-state index contributed by atoms with van der Waals surface area (Å²) in [6.07, 6.45) is 0. The van der Waals surface area contributed by atoms with Gasteiger partial charge in [-0.1, -0.05) is 182 Å². The maximum atomic E-state index is 15.0. The molecule has 0 atom stereocenters. The zero-order chi connectivity index (χ0) is 41.5. The van der Waals surface area contributed by atoms with Crippen LogP contribution in [0.25, 0.3) is 88.7 Å². The summed E-state index contributed by atoms with van der Waals surface area (Å²) in [5.74, 6) is 0. The molecule has 0 unspecified atom stereocenters. The van der Waals surface area contributed by atoms with Gasteiger partial charge < -0.3 is 0 Å². The summed E-state index contributed by atoms with van der Waals surface area (Å²) in [5, 5.41) is 3.05. The highest BCUT2D eigenvalue weighted by atomic mass is 32.2. The summed E-state index contributed by atoms with van der Waals surface area (Å²) in [5.41, 5.74) is 12.3. The Morgan fingerprint density at radius 2 is 0.710 bits per heavy atom. The number of aromatic nitrogens is 3. The van der Waals surface area contributed by atoms with Gasteiger partial charge in [0.2, 0.25) is 0 Å². The monoisotopic (exact) mass is 813 g/mol. The fraction of sp³-hybridized carbons (Fsp3) is 0. The Bertz CT molecular complexity index is 3390. The van der Waals surface area contributed by atoms with E-state index in [-0.39, 0.29) is 0 Å². The first-order valence-corrected chi connectivity index (χ1v) is 22.5. The van der Waals surface area contributed by atoms with Gasteiger partial charge in [0, 0.05) is 53.1 Å². The fourth-order valence-corrected chi connectivity index (χ4v) is 11.3. The van der Waals surface area contributed by atoms with E-state index in [0.717, 1.165) is 103 Å². The van der Waals surface area contributed by atoms with Crippen molar-refractivity contribution in [1.29, 1.82) is 0 Å². The number of benzene rings is 9. The van der Waals surface area contributed by atoms with Gasteiger partial charge in [0.1, 0.15) is 0 Å². The number of rotatable bonds is 8. The number of fused-ring (bicyclic) bond motifs is 5. The molecular formula is C57H39N3OS. The quantitative estimate of drug-likeness (QED) is 0.123. The van der Waals surface area contributed by atoms with Gasteiger partial charge in [-0.3, -0.25) is 4.21 Å². The molecule has 4 nitrogen and oxygen atoms in total. The molecular weight excluding hydrogens is 775 g/mol. The second kappa shape index (κ2) is 15.6. The second-order valence-corrected chi connectivity index (χ2v) is 18.2. The van der Waals surface area contributed by atoms with Crippen molar-refractivity contribution < 1.29 is 4.21 Å². The number of nitrogens with zero attached hydrogens (tertiary/aromatic N) is 3. The number of hydrogen-bond acceptors (Lipinski definition) is 4. The molecule has 0 fully saturated rings. The summed E-state index contributed by atoms with van der Waals surface area (Å²) in [7, 11) is -3.08. The van der Waals surface area contributed by atoms with Gasteiger partial charge in [-0.05, 0) is 75.2 Å². The van der Waals surface area contributed by atoms with Crippen molar-refractivity contribution in [2.45, 2.75) is 14.7 Å². The first-order chi connectivity index (χ1) is 30.6. The lowest BCUT2D eigenvalue weighted by molar-refractivity contribution is 0.669. The second-order valence-electron chi connectivity index (χ2n) is 15.4. The van der Waals surface area contributed by atoms with E-state index in [9.17, 15) is 0 Å². The van der Waals surface area contributed by atoms with Crippen molar-refractivity contribution in [2.24, 2.45) is 0 Å². The third-order valence-electron chi connectivity index (χ3n) is 11.7. The molecule has 0 amide bonds. The van der Waals surface area contributed by atoms with Crippen molar-refractivity contribution >= 4 is 42.6 Å². The first kappa shape index (κ1) is 37.2. The van der Waals surface area contributed by atoms with Crippen LogP contribution in [0, 0.1) is 0 Å². The highest BCUT2D eigenvalue weighted by molar-refractivity contribution is 8.03. The molecule has 2 heterocycles. The third kappa shape index (κ3) is 6.47. The van der Waals surface area contributed by atoms with Gasteiger partial charge >= 0.3 is 0 Å². The number of hydrogen-bond donors (Lipinski definition) is 1. The highest BCUT2D eigenvalue weighted by Gasteiger charge is 2.24. The molecule has 294 valence electrons. The number of para-hydroxylation sites is 1. The summed E-state index contributed by atoms with van der Waals surface area (Å²) in [4.78, 5) is 19.0. The van der Waals surface area contributed by atoms with Crippen molar-refractivity contribution in [3.63, 3.8) is 0 Å². The number of pyridine rings is 1. The lowest BCUT2D eigenvalue weighted by Crippen LogP contribution is -2.13. The maximum absolute atomic E-state index is 15.0. The standard InChI is InChI=1S/C57H39N3OS/c61-62(45-24-12-4-13-25-45,46-26-14-5-15-27-46)47-36-34-40(35-37-47)39-30-32-44(33-31-39)53-50-38-49(41-18-6-1-7-19-41)56-57(52(50)48-28-16-17-29-51(48)58-53)60-55(43-22-10-3-11-23-43)54(59-56)42-20-8-2-9-21-42/h1-38,62H. The maximum Gasteiger partial charge on any atom is 0.0987 e. The summed E-state index contributed by atoms with van der Waals surface area (Å²) in [6, 6.07) is 78.2. The average molecular weight is 814 g/mol. The minimum Gasteiger partial charge on any atom is -0.271 e. The van der Waals surface area contributed by atoms with Crippen LogP contribution in [0.3, 0.4) is 0 Å². The molecule has 0 spiro atoms. The van der Waals surface area contributed by atoms with E-state index in [1.165, 1.54) is 0 Å². The molecule has 0 saturated heterocycles. The molecule has 9 aromatic carbocycles. The van der Waals surface area contributed by atoms with Gasteiger partial charge in [0.25, 0.3) is 0 Å². The molecule has 0 aliphatic carbocycles. The Hall–Kier alpha value is -7.86. The van der Waals surface area contributed by atoms with Crippen molar-refractivity contribution in [2.75, 3.05) is 0 Å². The first-order valence-electron chi connectivity index (χ1n) is 20.8. The molecule has 5 heteroatoms. The van der Waals surface area contributed by atoms with Gasteiger partial charge in [-0.2, -0.15) is 0 Å². The van der Waals surface area contributed by atoms with Crippen molar-refractivity contribution in [1.82, 2.24) is 15.0 Å². The van der Waals surface area contributed by atoms with Crippen LogP contribution in [0.2, 0.25) is 0 Å². The van der Waals surface area contributed by atoms with Crippen LogP contribution in [0.1, 0.15) is 0 Å². The Morgan fingerprint density at radius 3 is 1.26 bits per heavy atom. The van der Waals surface area contributed by atoms with E-state index in [0.29, 0.717) is 0 Å². The molecule has 0 bridgehead atoms. The van der Waals surface area contributed by atoms with Crippen molar-refractivity contribution in [3.05, 3.63) is 231 Å². The Kier molecular flexibility index (Phi) is 9.37. The van der Waals surface area contributed by atoms with Gasteiger partial charge in [0.05, 0.1) is 33.6 Å². The molecule has 11 rings (SSSR count). The summed E-state index contributed by atoms with van der Waals surface area (Å²) >= 11 is 0. The molecule has 0 aliphatic rings. The Balaban J connectivity index is 1.09.